The number of nitrogens with one attached hydrogen (secondary N) is 1. The molecule has 0 aromatic rings. The molecule has 19 heavy (non-hydrogen) atoms. The quantitative estimate of drug-likeness (QED) is 0.751. The Kier molecular flexibility index (Phi) is 6.89. The van der Waals surface area contributed by atoms with Crippen molar-refractivity contribution in [3.63, 3.8) is 0 Å². The van der Waals surface area contributed by atoms with Crippen LogP contribution in [0.4, 0.5) is 0 Å². The van der Waals surface area contributed by atoms with Crippen molar-refractivity contribution < 1.29 is 9.59 Å². The molecule has 0 radical (unpaired) electrons. The van der Waals surface area contributed by atoms with Crippen LogP contribution in [0.25, 0.3) is 0 Å². The Bertz CT molecular complexity index is 295. The summed E-state index contributed by atoms with van der Waals surface area (Å²) in [6, 6.07) is 0. The van der Waals surface area contributed by atoms with E-state index in [0.29, 0.717) is 0 Å². The van der Waals surface area contributed by atoms with E-state index < -0.39 is 0 Å². The smallest absolute Gasteiger partial charge is 0.225 e. The van der Waals surface area contributed by atoms with Gasteiger partial charge in [0.05, 0.1) is 0 Å². The van der Waals surface area contributed by atoms with E-state index in [9.17, 15) is 9.59 Å². The molecule has 110 valence electrons. The normalized spacial score (nSPS) is 16.7. The lowest BCUT2D eigenvalue weighted by atomic mass is 9.95. The third-order valence-electron chi connectivity index (χ3n) is 3.75. The third kappa shape index (κ3) is 5.21. The standard InChI is InChI=1S/C15H28N2O2/c1-4-5-6-9-16-14(18)13-7-10-17(11-8-13)15(19)12(2)3/h12-13H,4-11H2,1-3H3,(H,16,18). The maximum atomic E-state index is 12.0. The lowest BCUT2D eigenvalue weighted by molar-refractivity contribution is -0.138. The lowest BCUT2D eigenvalue weighted by Crippen LogP contribution is -2.44. The number of piperidine rings is 1. The number of rotatable bonds is 6. The van der Waals surface area contributed by atoms with E-state index in [0.717, 1.165) is 38.9 Å². The molecule has 1 saturated heterocycles. The first-order valence-corrected chi connectivity index (χ1v) is 7.62. The fourth-order valence-corrected chi connectivity index (χ4v) is 2.46. The van der Waals surface area contributed by atoms with Crippen LogP contribution < -0.4 is 5.32 Å². The second kappa shape index (κ2) is 8.18. The Morgan fingerprint density at radius 3 is 2.37 bits per heavy atom. The summed E-state index contributed by atoms with van der Waals surface area (Å²) >= 11 is 0. The summed E-state index contributed by atoms with van der Waals surface area (Å²) in [7, 11) is 0. The van der Waals surface area contributed by atoms with Gasteiger partial charge in [-0.05, 0) is 19.3 Å². The predicted molar refractivity (Wildman–Crippen MR) is 76.7 cm³/mol. The molecule has 0 bridgehead atoms. The van der Waals surface area contributed by atoms with Gasteiger partial charge >= 0.3 is 0 Å². The number of carbonyl (C=O) groups is 2. The third-order valence-corrected chi connectivity index (χ3v) is 3.75. The zero-order valence-corrected chi connectivity index (χ0v) is 12.6. The number of hydrogen-bond donors (Lipinski definition) is 1. The minimum Gasteiger partial charge on any atom is -0.356 e. The minimum atomic E-state index is 0.0550. The van der Waals surface area contributed by atoms with Crippen LogP contribution in [-0.2, 0) is 9.59 Å². The van der Waals surface area contributed by atoms with Gasteiger partial charge in [0.1, 0.15) is 0 Å². The molecular weight excluding hydrogens is 240 g/mol. The van der Waals surface area contributed by atoms with Crippen LogP contribution in [0.15, 0.2) is 0 Å². The topological polar surface area (TPSA) is 49.4 Å². The molecule has 0 saturated carbocycles. The van der Waals surface area contributed by atoms with Gasteiger partial charge < -0.3 is 10.2 Å². The van der Waals surface area contributed by atoms with Crippen molar-refractivity contribution in [3.8, 4) is 0 Å². The van der Waals surface area contributed by atoms with E-state index in [-0.39, 0.29) is 23.7 Å². The summed E-state index contributed by atoms with van der Waals surface area (Å²) in [4.78, 5) is 25.7. The van der Waals surface area contributed by atoms with E-state index in [1.54, 1.807) is 0 Å². The van der Waals surface area contributed by atoms with Crippen LogP contribution >= 0.6 is 0 Å². The first-order valence-electron chi connectivity index (χ1n) is 7.62. The van der Waals surface area contributed by atoms with Crippen LogP contribution in [0.2, 0.25) is 0 Å². The van der Waals surface area contributed by atoms with Gasteiger partial charge in [0.15, 0.2) is 0 Å². The van der Waals surface area contributed by atoms with E-state index in [1.165, 1.54) is 12.8 Å². The number of unbranched alkanes of at least 4 members (excludes halogenated alkanes) is 2. The molecule has 1 aliphatic heterocycles. The Labute approximate surface area is 116 Å². The first kappa shape index (κ1) is 16.0. The second-order valence-electron chi connectivity index (χ2n) is 5.75. The molecule has 1 fully saturated rings. The summed E-state index contributed by atoms with van der Waals surface area (Å²) < 4.78 is 0. The van der Waals surface area contributed by atoms with E-state index in [2.05, 4.69) is 12.2 Å². The van der Waals surface area contributed by atoms with Gasteiger partial charge in [0.25, 0.3) is 0 Å². The Balaban J connectivity index is 2.25. The van der Waals surface area contributed by atoms with Crippen LogP contribution in [0.3, 0.4) is 0 Å². The van der Waals surface area contributed by atoms with Crippen molar-refractivity contribution in [1.82, 2.24) is 10.2 Å². The molecular formula is C15H28N2O2. The van der Waals surface area contributed by atoms with E-state index in [1.807, 2.05) is 18.7 Å². The van der Waals surface area contributed by atoms with E-state index >= 15 is 0 Å². The minimum absolute atomic E-state index is 0.0550. The van der Waals surface area contributed by atoms with Gasteiger partial charge in [-0.15, -0.1) is 0 Å². The number of amides is 2. The van der Waals surface area contributed by atoms with Crippen molar-refractivity contribution >= 4 is 11.8 Å². The van der Waals surface area contributed by atoms with Crippen LogP contribution in [0, 0.1) is 11.8 Å². The maximum absolute atomic E-state index is 12.0. The van der Waals surface area contributed by atoms with Crippen LogP contribution in [0.5, 0.6) is 0 Å². The number of hydrogen-bond acceptors (Lipinski definition) is 2. The summed E-state index contributed by atoms with van der Waals surface area (Å²) in [5.74, 6) is 0.534. The molecule has 4 heteroatoms. The van der Waals surface area contributed by atoms with Gasteiger partial charge in [0, 0.05) is 31.5 Å². The molecule has 0 aromatic heterocycles. The summed E-state index contributed by atoms with van der Waals surface area (Å²) in [5, 5.41) is 3.01. The molecule has 0 atom stereocenters. The SMILES string of the molecule is CCCCCNC(=O)C1CCN(C(=O)C(C)C)CC1. The van der Waals surface area contributed by atoms with Crippen molar-refractivity contribution in [1.29, 1.82) is 0 Å². The molecule has 1 rings (SSSR count). The summed E-state index contributed by atoms with van der Waals surface area (Å²) in [5.41, 5.74) is 0. The fraction of sp³-hybridized carbons (Fsp3) is 0.867. The highest BCUT2D eigenvalue weighted by atomic mass is 16.2. The van der Waals surface area contributed by atoms with Crippen LogP contribution in [0.1, 0.15) is 52.9 Å². The maximum Gasteiger partial charge on any atom is 0.225 e. The Hall–Kier alpha value is -1.06. The van der Waals surface area contributed by atoms with Crippen molar-refractivity contribution in [2.24, 2.45) is 11.8 Å². The average Bonchev–Trinajstić information content (AvgIpc) is 2.42. The Morgan fingerprint density at radius 1 is 1.21 bits per heavy atom. The molecule has 4 nitrogen and oxygen atoms in total. The van der Waals surface area contributed by atoms with Crippen molar-refractivity contribution in [2.75, 3.05) is 19.6 Å². The average molecular weight is 268 g/mol. The highest BCUT2D eigenvalue weighted by molar-refractivity contribution is 5.80. The van der Waals surface area contributed by atoms with Crippen molar-refractivity contribution in [3.05, 3.63) is 0 Å². The van der Waals surface area contributed by atoms with Gasteiger partial charge in [-0.3, -0.25) is 9.59 Å². The molecule has 1 heterocycles. The molecule has 0 unspecified atom stereocenters. The zero-order valence-electron chi connectivity index (χ0n) is 12.6. The lowest BCUT2D eigenvalue weighted by Gasteiger charge is -2.32. The Morgan fingerprint density at radius 2 is 1.84 bits per heavy atom. The fourth-order valence-electron chi connectivity index (χ4n) is 2.46. The summed E-state index contributed by atoms with van der Waals surface area (Å²) in [6.07, 6.45) is 5.01. The highest BCUT2D eigenvalue weighted by Crippen LogP contribution is 2.18. The first-order chi connectivity index (χ1) is 9.06. The molecule has 0 aliphatic carbocycles. The molecule has 0 spiro atoms. The zero-order chi connectivity index (χ0) is 14.3. The predicted octanol–water partition coefficient (Wildman–Crippen LogP) is 2.19. The van der Waals surface area contributed by atoms with Gasteiger partial charge in [-0.2, -0.15) is 0 Å². The number of nitrogens with zero attached hydrogens (tertiary/aromatic N) is 1. The molecule has 0 aromatic carbocycles. The molecule has 2 amide bonds. The molecule has 1 aliphatic rings. The van der Waals surface area contributed by atoms with Crippen molar-refractivity contribution in [2.45, 2.75) is 52.9 Å². The van der Waals surface area contributed by atoms with Gasteiger partial charge in [-0.1, -0.05) is 33.6 Å². The van der Waals surface area contributed by atoms with Crippen LogP contribution in [-0.4, -0.2) is 36.3 Å². The van der Waals surface area contributed by atoms with Gasteiger partial charge in [0.2, 0.25) is 11.8 Å². The summed E-state index contributed by atoms with van der Waals surface area (Å²) in [6.45, 7) is 8.25. The van der Waals surface area contributed by atoms with E-state index in [4.69, 9.17) is 0 Å². The molecule has 1 N–H and O–H groups in total. The number of likely N-dealkylation sites (tertiary alicyclic amines) is 1. The van der Waals surface area contributed by atoms with Gasteiger partial charge in [-0.25, -0.2) is 0 Å². The second-order valence-corrected chi connectivity index (χ2v) is 5.75. The highest BCUT2D eigenvalue weighted by Gasteiger charge is 2.27. The largest absolute Gasteiger partial charge is 0.356 e. The number of carbonyl (C=O) groups excluding carboxylic acids is 2. The monoisotopic (exact) mass is 268 g/mol.